The van der Waals surface area contributed by atoms with Crippen molar-refractivity contribution in [2.24, 2.45) is 0 Å². The third-order valence-electron chi connectivity index (χ3n) is 1.87. The summed E-state index contributed by atoms with van der Waals surface area (Å²) in [6.07, 6.45) is 0. The smallest absolute Gasteiger partial charge is 0.255 e. The molecule has 1 aromatic carbocycles. The number of ether oxygens (including phenoxy) is 1. The lowest BCUT2D eigenvalue weighted by Gasteiger charge is -2.10. The van der Waals surface area contributed by atoms with Crippen LogP contribution in [0, 0.1) is 0 Å². The van der Waals surface area contributed by atoms with E-state index in [4.69, 9.17) is 4.74 Å². The van der Waals surface area contributed by atoms with E-state index < -0.39 is 0 Å². The van der Waals surface area contributed by atoms with E-state index >= 15 is 0 Å². The standard InChI is InChI=1S/C11H15NO3/c1-7(2)12-11(14)9-5-4-8(15-3)6-10(9)13/h4-7,13H,1-3H3,(H,12,14). The highest BCUT2D eigenvalue weighted by molar-refractivity contribution is 5.97. The second-order valence-corrected chi connectivity index (χ2v) is 3.51. The molecule has 1 aromatic rings. The van der Waals surface area contributed by atoms with E-state index in [-0.39, 0.29) is 23.3 Å². The fourth-order valence-electron chi connectivity index (χ4n) is 1.17. The Balaban J connectivity index is 2.90. The minimum absolute atomic E-state index is 0.0407. The van der Waals surface area contributed by atoms with Crippen molar-refractivity contribution in [1.82, 2.24) is 5.32 Å². The van der Waals surface area contributed by atoms with Crippen LogP contribution in [-0.2, 0) is 0 Å². The second-order valence-electron chi connectivity index (χ2n) is 3.51. The lowest BCUT2D eigenvalue weighted by molar-refractivity contribution is 0.0940. The average Bonchev–Trinajstić information content (AvgIpc) is 2.16. The van der Waals surface area contributed by atoms with E-state index in [0.717, 1.165) is 0 Å². The summed E-state index contributed by atoms with van der Waals surface area (Å²) in [5.74, 6) is 0.159. The van der Waals surface area contributed by atoms with Gasteiger partial charge in [0.05, 0.1) is 12.7 Å². The monoisotopic (exact) mass is 209 g/mol. The Kier molecular flexibility index (Phi) is 3.55. The van der Waals surface area contributed by atoms with Crippen molar-refractivity contribution in [3.05, 3.63) is 23.8 Å². The molecule has 0 saturated carbocycles. The first-order chi connectivity index (χ1) is 7.04. The van der Waals surface area contributed by atoms with Gasteiger partial charge in [-0.25, -0.2) is 0 Å². The zero-order valence-electron chi connectivity index (χ0n) is 9.07. The summed E-state index contributed by atoms with van der Waals surface area (Å²) in [5, 5.41) is 12.3. The highest BCUT2D eigenvalue weighted by atomic mass is 16.5. The summed E-state index contributed by atoms with van der Waals surface area (Å²) in [6, 6.07) is 4.62. The maximum atomic E-state index is 11.6. The highest BCUT2D eigenvalue weighted by Crippen LogP contribution is 2.23. The number of rotatable bonds is 3. The topological polar surface area (TPSA) is 58.6 Å². The molecule has 4 heteroatoms. The molecule has 2 N–H and O–H groups in total. The lowest BCUT2D eigenvalue weighted by atomic mass is 10.1. The third kappa shape index (κ3) is 2.87. The molecule has 0 fully saturated rings. The van der Waals surface area contributed by atoms with Crippen molar-refractivity contribution < 1.29 is 14.6 Å². The number of phenolic OH excluding ortho intramolecular Hbond substituents is 1. The van der Waals surface area contributed by atoms with E-state index in [1.54, 1.807) is 6.07 Å². The fraction of sp³-hybridized carbons (Fsp3) is 0.364. The van der Waals surface area contributed by atoms with Crippen LogP contribution < -0.4 is 10.1 Å². The van der Waals surface area contributed by atoms with Crippen molar-refractivity contribution in [3.63, 3.8) is 0 Å². The SMILES string of the molecule is COc1ccc(C(=O)NC(C)C)c(O)c1. The lowest BCUT2D eigenvalue weighted by Crippen LogP contribution is -2.30. The van der Waals surface area contributed by atoms with Crippen molar-refractivity contribution in [3.8, 4) is 11.5 Å². The molecule has 0 atom stereocenters. The van der Waals surface area contributed by atoms with Crippen molar-refractivity contribution in [2.75, 3.05) is 7.11 Å². The largest absolute Gasteiger partial charge is 0.507 e. The zero-order chi connectivity index (χ0) is 11.4. The fourth-order valence-corrected chi connectivity index (χ4v) is 1.17. The van der Waals surface area contributed by atoms with E-state index in [2.05, 4.69) is 5.32 Å². The normalized spacial score (nSPS) is 10.1. The van der Waals surface area contributed by atoms with Crippen LogP contribution in [-0.4, -0.2) is 24.2 Å². The van der Waals surface area contributed by atoms with E-state index in [0.29, 0.717) is 5.75 Å². The maximum absolute atomic E-state index is 11.6. The molecule has 0 bridgehead atoms. The summed E-state index contributed by atoms with van der Waals surface area (Å²) in [4.78, 5) is 11.6. The van der Waals surface area contributed by atoms with Gasteiger partial charge in [-0.2, -0.15) is 0 Å². The van der Waals surface area contributed by atoms with Gasteiger partial charge in [0.15, 0.2) is 0 Å². The number of carbonyl (C=O) groups excluding carboxylic acids is 1. The van der Waals surface area contributed by atoms with Gasteiger partial charge in [-0.1, -0.05) is 0 Å². The number of benzene rings is 1. The Hall–Kier alpha value is -1.71. The number of aromatic hydroxyl groups is 1. The molecular weight excluding hydrogens is 194 g/mol. The second kappa shape index (κ2) is 4.68. The Labute approximate surface area is 88.9 Å². The van der Waals surface area contributed by atoms with Crippen molar-refractivity contribution >= 4 is 5.91 Å². The number of phenols is 1. The van der Waals surface area contributed by atoms with Crippen LogP contribution in [0.3, 0.4) is 0 Å². The molecule has 15 heavy (non-hydrogen) atoms. The summed E-state index contributed by atoms with van der Waals surface area (Å²) in [7, 11) is 1.50. The van der Waals surface area contributed by atoms with E-state index in [1.807, 2.05) is 13.8 Å². The average molecular weight is 209 g/mol. The zero-order valence-corrected chi connectivity index (χ0v) is 9.07. The summed E-state index contributed by atoms with van der Waals surface area (Å²) < 4.78 is 4.92. The van der Waals surface area contributed by atoms with Crippen LogP contribution in [0.1, 0.15) is 24.2 Å². The predicted molar refractivity (Wildman–Crippen MR) is 57.3 cm³/mol. The number of methoxy groups -OCH3 is 1. The van der Waals surface area contributed by atoms with Crippen molar-refractivity contribution in [2.45, 2.75) is 19.9 Å². The van der Waals surface area contributed by atoms with E-state index in [9.17, 15) is 9.90 Å². The molecule has 0 saturated heterocycles. The molecule has 0 aliphatic rings. The Bertz CT molecular complexity index is 361. The molecule has 0 unspecified atom stereocenters. The first-order valence-corrected chi connectivity index (χ1v) is 4.72. The number of amides is 1. The van der Waals surface area contributed by atoms with Crippen LogP contribution in [0.25, 0.3) is 0 Å². The van der Waals surface area contributed by atoms with E-state index in [1.165, 1.54) is 19.2 Å². The number of nitrogens with one attached hydrogen (secondary N) is 1. The highest BCUT2D eigenvalue weighted by Gasteiger charge is 2.12. The van der Waals surface area contributed by atoms with Crippen LogP contribution in [0.15, 0.2) is 18.2 Å². The molecule has 82 valence electrons. The maximum Gasteiger partial charge on any atom is 0.255 e. The molecule has 4 nitrogen and oxygen atoms in total. The molecule has 1 rings (SSSR count). The Morgan fingerprint density at radius 1 is 1.47 bits per heavy atom. The van der Waals surface area contributed by atoms with Gasteiger partial charge < -0.3 is 15.2 Å². The van der Waals surface area contributed by atoms with Gasteiger partial charge in [-0.05, 0) is 26.0 Å². The minimum Gasteiger partial charge on any atom is -0.507 e. The molecule has 1 amide bonds. The van der Waals surface area contributed by atoms with Gasteiger partial charge in [0.1, 0.15) is 11.5 Å². The molecule has 0 spiro atoms. The number of hydrogen-bond acceptors (Lipinski definition) is 3. The summed E-state index contributed by atoms with van der Waals surface area (Å²) in [6.45, 7) is 3.72. The Morgan fingerprint density at radius 2 is 2.13 bits per heavy atom. The Morgan fingerprint density at radius 3 is 2.60 bits per heavy atom. The predicted octanol–water partition coefficient (Wildman–Crippen LogP) is 1.54. The first-order valence-electron chi connectivity index (χ1n) is 4.72. The van der Waals surface area contributed by atoms with Crippen LogP contribution in [0.2, 0.25) is 0 Å². The minimum atomic E-state index is -0.287. The number of hydrogen-bond donors (Lipinski definition) is 2. The van der Waals surface area contributed by atoms with Crippen LogP contribution >= 0.6 is 0 Å². The molecule has 0 heterocycles. The summed E-state index contributed by atoms with van der Waals surface area (Å²) in [5.41, 5.74) is 0.254. The van der Waals surface area contributed by atoms with Gasteiger partial charge in [0.2, 0.25) is 0 Å². The van der Waals surface area contributed by atoms with Crippen LogP contribution in [0.4, 0.5) is 0 Å². The van der Waals surface area contributed by atoms with Gasteiger partial charge in [0, 0.05) is 12.1 Å². The van der Waals surface area contributed by atoms with Gasteiger partial charge in [-0.15, -0.1) is 0 Å². The number of carbonyl (C=O) groups is 1. The van der Waals surface area contributed by atoms with Gasteiger partial charge in [0.25, 0.3) is 5.91 Å². The quantitative estimate of drug-likeness (QED) is 0.793. The molecule has 0 aliphatic carbocycles. The van der Waals surface area contributed by atoms with Crippen LogP contribution in [0.5, 0.6) is 11.5 Å². The molecular formula is C11H15NO3. The first kappa shape index (κ1) is 11.4. The molecule has 0 aromatic heterocycles. The summed E-state index contributed by atoms with van der Waals surface area (Å²) >= 11 is 0. The molecule has 0 radical (unpaired) electrons. The molecule has 0 aliphatic heterocycles. The third-order valence-corrected chi connectivity index (χ3v) is 1.87. The van der Waals surface area contributed by atoms with Crippen molar-refractivity contribution in [1.29, 1.82) is 0 Å². The van der Waals surface area contributed by atoms with Gasteiger partial charge >= 0.3 is 0 Å². The van der Waals surface area contributed by atoms with Gasteiger partial charge in [-0.3, -0.25) is 4.79 Å².